The molecule has 2 heteroatoms. The zero-order valence-corrected chi connectivity index (χ0v) is 5.52. The second kappa shape index (κ2) is 2.46. The van der Waals surface area contributed by atoms with E-state index in [-0.39, 0.29) is 6.52 Å². The van der Waals surface area contributed by atoms with Crippen molar-refractivity contribution in [2.45, 2.75) is 12.5 Å². The van der Waals surface area contributed by atoms with E-state index in [1.807, 2.05) is 14.1 Å². The smallest absolute Gasteiger partial charge is 0.0444 e. The molecule has 1 aliphatic rings. The van der Waals surface area contributed by atoms with Crippen molar-refractivity contribution >= 4 is 0 Å². The molecule has 0 bridgehead atoms. The minimum absolute atomic E-state index is 0.0694. The van der Waals surface area contributed by atoms with Crippen LogP contribution in [0.2, 0.25) is 0 Å². The van der Waals surface area contributed by atoms with Crippen LogP contribution in [0.4, 0.5) is 0 Å². The van der Waals surface area contributed by atoms with E-state index in [0.717, 1.165) is 13.0 Å². The highest BCUT2D eigenvalue weighted by atomic mass is 15.1. The van der Waals surface area contributed by atoms with Gasteiger partial charge in [0.2, 0.25) is 0 Å². The minimum atomic E-state index is -0.0694. The van der Waals surface area contributed by atoms with Gasteiger partial charge in [-0.2, -0.15) is 0 Å². The Balaban J connectivity index is 2.40. The van der Waals surface area contributed by atoms with Gasteiger partial charge in [0, 0.05) is 13.9 Å². The molecule has 0 aromatic rings. The summed E-state index contributed by atoms with van der Waals surface area (Å²) in [6, 6.07) is 0.421. The van der Waals surface area contributed by atoms with Crippen molar-refractivity contribution in [3.05, 3.63) is 0 Å². The van der Waals surface area contributed by atoms with Crippen molar-refractivity contribution in [1.82, 2.24) is 10.2 Å². The summed E-state index contributed by atoms with van der Waals surface area (Å²) >= 11 is 0. The van der Waals surface area contributed by atoms with Gasteiger partial charge in [0.15, 0.2) is 0 Å². The lowest BCUT2D eigenvalue weighted by atomic mass is 10.2. The molecule has 1 rings (SSSR count). The number of hydrogen-bond acceptors (Lipinski definition) is 2. The summed E-state index contributed by atoms with van der Waals surface area (Å²) in [6.45, 7) is 0.928. The Morgan fingerprint density at radius 2 is 2.50 bits per heavy atom. The van der Waals surface area contributed by atoms with Crippen molar-refractivity contribution in [2.24, 2.45) is 0 Å². The molecule has 1 saturated heterocycles. The Morgan fingerprint density at radius 1 is 1.75 bits per heavy atom. The number of likely N-dealkylation sites (N-methyl/N-ethyl adjacent to an activating group) is 1. The molecule has 0 aliphatic carbocycles. The maximum atomic E-state index is 7.47. The fourth-order valence-corrected chi connectivity index (χ4v) is 0.941. The van der Waals surface area contributed by atoms with E-state index in [0.29, 0.717) is 6.04 Å². The Kier molecular flexibility index (Phi) is 1.47. The molecule has 8 heavy (non-hydrogen) atoms. The van der Waals surface area contributed by atoms with Crippen molar-refractivity contribution < 1.29 is 1.37 Å². The summed E-state index contributed by atoms with van der Waals surface area (Å²) in [6.07, 6.45) is 1.11. The fourth-order valence-electron chi connectivity index (χ4n) is 0.941. The predicted molar refractivity (Wildman–Crippen MR) is 35.0 cm³/mol. The van der Waals surface area contributed by atoms with E-state index in [1.54, 1.807) is 0 Å². The molecule has 2 unspecified atom stereocenters. The van der Waals surface area contributed by atoms with E-state index < -0.39 is 0 Å². The van der Waals surface area contributed by atoms with Crippen LogP contribution in [0.15, 0.2) is 0 Å². The van der Waals surface area contributed by atoms with Crippen LogP contribution >= 0.6 is 0 Å². The van der Waals surface area contributed by atoms with E-state index in [1.165, 1.54) is 0 Å². The maximum absolute atomic E-state index is 7.47. The third-order valence-electron chi connectivity index (χ3n) is 1.56. The number of hydrogen-bond donors (Lipinski definition) is 1. The zero-order chi connectivity index (χ0) is 6.85. The molecule has 1 N–H and O–H groups in total. The minimum Gasteiger partial charge on any atom is -0.315 e. The average molecular weight is 116 g/mol. The molecular formula is C6H14N2. The maximum Gasteiger partial charge on any atom is 0.0444 e. The number of nitrogens with zero attached hydrogens (tertiary/aromatic N) is 1. The van der Waals surface area contributed by atoms with E-state index in [9.17, 15) is 0 Å². The van der Waals surface area contributed by atoms with Crippen LogP contribution < -0.4 is 5.32 Å². The molecule has 1 heterocycles. The van der Waals surface area contributed by atoms with Crippen molar-refractivity contribution in [2.75, 3.05) is 27.2 Å². The SMILES string of the molecule is [3H]C1NCCC1N(C)C. The first-order valence-electron chi connectivity index (χ1n) is 3.61. The topological polar surface area (TPSA) is 15.3 Å². The summed E-state index contributed by atoms with van der Waals surface area (Å²) in [5, 5.41) is 3.08. The van der Waals surface area contributed by atoms with Gasteiger partial charge in [-0.1, -0.05) is 0 Å². The number of nitrogens with one attached hydrogen (secondary N) is 1. The van der Waals surface area contributed by atoms with Crippen LogP contribution in [0.1, 0.15) is 7.79 Å². The second-order valence-electron chi connectivity index (χ2n) is 2.44. The second-order valence-corrected chi connectivity index (χ2v) is 2.44. The Bertz CT molecular complexity index is 95.1. The highest BCUT2D eigenvalue weighted by Gasteiger charge is 2.14. The molecule has 1 fully saturated rings. The first kappa shape index (κ1) is 4.77. The van der Waals surface area contributed by atoms with Crippen LogP contribution in [-0.2, 0) is 0 Å². The van der Waals surface area contributed by atoms with Crippen molar-refractivity contribution in [3.8, 4) is 0 Å². The van der Waals surface area contributed by atoms with E-state index in [4.69, 9.17) is 1.37 Å². The highest BCUT2D eigenvalue weighted by Crippen LogP contribution is 2.01. The zero-order valence-electron chi connectivity index (χ0n) is 6.52. The quantitative estimate of drug-likeness (QED) is 0.515. The van der Waals surface area contributed by atoms with Crippen LogP contribution in [0.3, 0.4) is 0 Å². The largest absolute Gasteiger partial charge is 0.315 e. The monoisotopic (exact) mass is 116 g/mol. The summed E-state index contributed by atoms with van der Waals surface area (Å²) in [7, 11) is 4.05. The Hall–Kier alpha value is -0.0800. The molecule has 0 aromatic heterocycles. The molecule has 1 aliphatic heterocycles. The van der Waals surface area contributed by atoms with E-state index in [2.05, 4.69) is 10.2 Å². The lowest BCUT2D eigenvalue weighted by molar-refractivity contribution is 0.313. The van der Waals surface area contributed by atoms with Crippen molar-refractivity contribution in [3.63, 3.8) is 0 Å². The van der Waals surface area contributed by atoms with Crippen LogP contribution in [-0.4, -0.2) is 38.1 Å². The Labute approximate surface area is 52.3 Å². The normalized spacial score (nSPS) is 40.6. The van der Waals surface area contributed by atoms with Gasteiger partial charge in [-0.05, 0) is 27.1 Å². The van der Waals surface area contributed by atoms with Crippen molar-refractivity contribution in [1.29, 1.82) is 0 Å². The Morgan fingerprint density at radius 3 is 2.75 bits per heavy atom. The molecule has 2 nitrogen and oxygen atoms in total. The lowest BCUT2D eigenvalue weighted by Gasteiger charge is -2.16. The van der Waals surface area contributed by atoms with Crippen LogP contribution in [0.25, 0.3) is 0 Å². The predicted octanol–water partition coefficient (Wildman–Crippen LogP) is -0.0901. The summed E-state index contributed by atoms with van der Waals surface area (Å²) in [4.78, 5) is 2.11. The molecule has 48 valence electrons. The summed E-state index contributed by atoms with van der Waals surface area (Å²) in [5.41, 5.74) is 0. The molecular weight excluding hydrogens is 100 g/mol. The third-order valence-corrected chi connectivity index (χ3v) is 1.56. The van der Waals surface area contributed by atoms with Crippen LogP contribution in [0, 0.1) is 0 Å². The van der Waals surface area contributed by atoms with E-state index >= 15 is 0 Å². The number of rotatable bonds is 1. The average Bonchev–Trinajstić information content (AvgIpc) is 2.13. The first-order valence-corrected chi connectivity index (χ1v) is 3.04. The van der Waals surface area contributed by atoms with Gasteiger partial charge in [-0.3, -0.25) is 0 Å². The van der Waals surface area contributed by atoms with Gasteiger partial charge >= 0.3 is 0 Å². The third kappa shape index (κ3) is 1.20. The first-order chi connectivity index (χ1) is 4.22. The highest BCUT2D eigenvalue weighted by molar-refractivity contribution is 4.76. The van der Waals surface area contributed by atoms with Gasteiger partial charge in [0.05, 0.1) is 0 Å². The van der Waals surface area contributed by atoms with Gasteiger partial charge in [0.25, 0.3) is 0 Å². The standard InChI is InChI=1S/C6H14N2/c1-8(2)6-3-4-7-5-6/h6-7H,3-5H2,1-2H3/i5T. The molecule has 0 aromatic carbocycles. The molecule has 0 saturated carbocycles. The van der Waals surface area contributed by atoms with Gasteiger partial charge in [-0.15, -0.1) is 0 Å². The molecule has 0 radical (unpaired) electrons. The van der Waals surface area contributed by atoms with Crippen LogP contribution in [0.5, 0.6) is 0 Å². The lowest BCUT2D eigenvalue weighted by Crippen LogP contribution is -2.29. The van der Waals surface area contributed by atoms with Gasteiger partial charge in [0.1, 0.15) is 0 Å². The summed E-state index contributed by atoms with van der Waals surface area (Å²) < 4.78 is 7.47. The summed E-state index contributed by atoms with van der Waals surface area (Å²) in [5.74, 6) is 0. The van der Waals surface area contributed by atoms with Gasteiger partial charge in [-0.25, -0.2) is 0 Å². The van der Waals surface area contributed by atoms with Gasteiger partial charge < -0.3 is 10.2 Å². The fraction of sp³-hybridized carbons (Fsp3) is 1.00. The molecule has 0 amide bonds. The molecule has 0 spiro atoms. The molecule has 2 atom stereocenters.